The molecule has 8 nitrogen and oxygen atoms in total. The summed E-state index contributed by atoms with van der Waals surface area (Å²) in [5.41, 5.74) is 0. The van der Waals surface area contributed by atoms with Crippen LogP contribution in [0.3, 0.4) is 0 Å². The van der Waals surface area contributed by atoms with E-state index in [1.54, 1.807) is 35.2 Å². The predicted octanol–water partition coefficient (Wildman–Crippen LogP) is 1.80. The van der Waals surface area contributed by atoms with Crippen LogP contribution in [0.4, 0.5) is 0 Å². The molecule has 0 spiro atoms. The Bertz CT molecular complexity index is 934. The molecule has 0 unspecified atom stereocenters. The number of piperidine rings is 2. The molecule has 1 aromatic carbocycles. The highest BCUT2D eigenvalue weighted by atomic mass is 32.2. The molecule has 2 aliphatic rings. The molecule has 1 amide bonds. The fourth-order valence-electron chi connectivity index (χ4n) is 4.20. The van der Waals surface area contributed by atoms with Gasteiger partial charge < -0.3 is 4.90 Å². The molecule has 0 saturated carbocycles. The minimum atomic E-state index is -3.56. The van der Waals surface area contributed by atoms with Crippen LogP contribution in [-0.2, 0) is 24.8 Å². The smallest absolute Gasteiger partial charge is 0.240 e. The van der Waals surface area contributed by atoms with Gasteiger partial charge in [0.2, 0.25) is 26.0 Å². The van der Waals surface area contributed by atoms with E-state index in [1.165, 1.54) is 4.31 Å². The molecule has 2 saturated heterocycles. The van der Waals surface area contributed by atoms with Crippen LogP contribution in [0.25, 0.3) is 0 Å². The number of benzene rings is 1. The third-order valence-corrected chi connectivity index (χ3v) is 9.63. The first kappa shape index (κ1) is 24.2. The molecule has 2 heterocycles. The van der Waals surface area contributed by atoms with Crippen LogP contribution in [-0.4, -0.2) is 69.9 Å². The van der Waals surface area contributed by atoms with E-state index in [9.17, 15) is 21.6 Å². The molecule has 1 aromatic rings. The Hall–Kier alpha value is -1.49. The second kappa shape index (κ2) is 10.4. The van der Waals surface area contributed by atoms with Gasteiger partial charge in [-0.2, -0.15) is 0 Å². The maximum atomic E-state index is 12.9. The second-order valence-corrected chi connectivity index (χ2v) is 12.2. The second-order valence-electron chi connectivity index (χ2n) is 8.38. The van der Waals surface area contributed by atoms with Crippen LogP contribution in [0.2, 0.25) is 0 Å². The number of carbonyl (C=O) groups excluding carboxylic acids is 1. The number of nitrogens with one attached hydrogen (secondary N) is 1. The topological polar surface area (TPSA) is 104 Å². The van der Waals surface area contributed by atoms with Crippen molar-refractivity contribution < 1.29 is 21.6 Å². The van der Waals surface area contributed by atoms with Crippen LogP contribution in [0.15, 0.2) is 35.2 Å². The van der Waals surface area contributed by atoms with E-state index in [0.29, 0.717) is 58.3 Å². The van der Waals surface area contributed by atoms with Gasteiger partial charge in [-0.25, -0.2) is 25.9 Å². The number of hydrogen-bond acceptors (Lipinski definition) is 5. The molecule has 2 aliphatic heterocycles. The van der Waals surface area contributed by atoms with Gasteiger partial charge in [-0.05, 0) is 44.2 Å². The van der Waals surface area contributed by atoms with E-state index in [-0.39, 0.29) is 28.5 Å². The molecule has 2 fully saturated rings. The molecule has 31 heavy (non-hydrogen) atoms. The molecule has 0 bridgehead atoms. The Morgan fingerprint density at radius 2 is 1.58 bits per heavy atom. The largest absolute Gasteiger partial charge is 0.342 e. The van der Waals surface area contributed by atoms with E-state index in [1.807, 2.05) is 6.92 Å². The molecule has 0 atom stereocenters. The van der Waals surface area contributed by atoms with Crippen molar-refractivity contribution in [1.29, 1.82) is 0 Å². The lowest BCUT2D eigenvalue weighted by molar-refractivity contribution is -0.137. The molecular weight excluding hydrogens is 438 g/mol. The van der Waals surface area contributed by atoms with Crippen molar-refractivity contribution in [1.82, 2.24) is 13.9 Å². The van der Waals surface area contributed by atoms with Crippen molar-refractivity contribution >= 4 is 26.0 Å². The number of nitrogens with zero attached hydrogens (tertiary/aromatic N) is 2. The minimum Gasteiger partial charge on any atom is -0.342 e. The van der Waals surface area contributed by atoms with E-state index >= 15 is 0 Å². The van der Waals surface area contributed by atoms with Crippen LogP contribution < -0.4 is 4.72 Å². The first-order valence-electron chi connectivity index (χ1n) is 11.1. The molecule has 1 N–H and O–H groups in total. The average Bonchev–Trinajstić information content (AvgIpc) is 2.78. The first-order chi connectivity index (χ1) is 14.7. The zero-order valence-corrected chi connectivity index (χ0v) is 19.7. The lowest BCUT2D eigenvalue weighted by Gasteiger charge is -2.37. The number of sulfonamides is 2. The summed E-state index contributed by atoms with van der Waals surface area (Å²) in [4.78, 5) is 15.0. The molecule has 0 aromatic heterocycles. The Morgan fingerprint density at radius 3 is 2.16 bits per heavy atom. The van der Waals surface area contributed by atoms with Gasteiger partial charge in [0.05, 0.1) is 10.6 Å². The third kappa shape index (κ3) is 6.27. The van der Waals surface area contributed by atoms with Crippen molar-refractivity contribution in [2.75, 3.05) is 31.9 Å². The molecule has 174 valence electrons. The summed E-state index contributed by atoms with van der Waals surface area (Å²) in [6.07, 6.45) is 3.73. The zero-order valence-electron chi connectivity index (χ0n) is 18.1. The van der Waals surface area contributed by atoms with E-state index in [4.69, 9.17) is 0 Å². The van der Waals surface area contributed by atoms with Gasteiger partial charge in [-0.15, -0.1) is 0 Å². The van der Waals surface area contributed by atoms with Gasteiger partial charge in [0.1, 0.15) is 0 Å². The highest BCUT2D eigenvalue weighted by molar-refractivity contribution is 7.89. The summed E-state index contributed by atoms with van der Waals surface area (Å²) < 4.78 is 54.0. The van der Waals surface area contributed by atoms with Gasteiger partial charge >= 0.3 is 0 Å². The summed E-state index contributed by atoms with van der Waals surface area (Å²) in [5.74, 6) is 0.0827. The zero-order chi connectivity index (χ0) is 22.5. The van der Waals surface area contributed by atoms with E-state index in [2.05, 4.69) is 4.72 Å². The van der Waals surface area contributed by atoms with Gasteiger partial charge in [-0.1, -0.05) is 31.5 Å². The predicted molar refractivity (Wildman–Crippen MR) is 119 cm³/mol. The summed E-state index contributed by atoms with van der Waals surface area (Å²) >= 11 is 0. The minimum absolute atomic E-state index is 0.0648. The van der Waals surface area contributed by atoms with Gasteiger partial charge in [0.25, 0.3) is 0 Å². The number of hydrogen-bond donors (Lipinski definition) is 1. The Balaban J connectivity index is 1.47. The SMILES string of the molecule is CCCCS(=O)(=O)N1CCC(C(=O)N2CCC(NS(=O)(=O)c3ccccc3)CC2)CC1. The fraction of sp³-hybridized carbons (Fsp3) is 0.667. The fourth-order valence-corrected chi connectivity index (χ4v) is 7.20. The average molecular weight is 472 g/mol. The van der Waals surface area contributed by atoms with Crippen molar-refractivity contribution in [2.24, 2.45) is 5.92 Å². The van der Waals surface area contributed by atoms with E-state index < -0.39 is 20.0 Å². The summed E-state index contributed by atoms with van der Waals surface area (Å²) in [6, 6.07) is 8.09. The first-order valence-corrected chi connectivity index (χ1v) is 14.2. The highest BCUT2D eigenvalue weighted by Gasteiger charge is 2.34. The maximum Gasteiger partial charge on any atom is 0.240 e. The Morgan fingerprint density at radius 1 is 0.968 bits per heavy atom. The number of rotatable bonds is 8. The highest BCUT2D eigenvalue weighted by Crippen LogP contribution is 2.24. The number of unbranched alkanes of at least 4 members (excludes halogenated alkanes) is 1. The van der Waals surface area contributed by atoms with Crippen LogP contribution in [0.5, 0.6) is 0 Å². The van der Waals surface area contributed by atoms with Crippen molar-refractivity contribution in [3.8, 4) is 0 Å². The maximum absolute atomic E-state index is 12.9. The molecule has 10 heteroatoms. The molecule has 3 rings (SSSR count). The number of amides is 1. The normalized spacial score (nSPS) is 20.1. The molecular formula is C21H33N3O5S2. The van der Waals surface area contributed by atoms with E-state index in [0.717, 1.165) is 6.42 Å². The van der Waals surface area contributed by atoms with Gasteiger partial charge in [0, 0.05) is 38.1 Å². The summed E-state index contributed by atoms with van der Waals surface area (Å²) in [5, 5.41) is 0. The summed E-state index contributed by atoms with van der Waals surface area (Å²) in [7, 11) is -6.78. The Kier molecular flexibility index (Phi) is 8.12. The summed E-state index contributed by atoms with van der Waals surface area (Å²) in [6.45, 7) is 3.79. The third-order valence-electron chi connectivity index (χ3n) is 6.13. The number of carbonyl (C=O) groups is 1. The van der Waals surface area contributed by atoms with Crippen molar-refractivity contribution in [3.63, 3.8) is 0 Å². The van der Waals surface area contributed by atoms with Crippen LogP contribution in [0, 0.1) is 5.92 Å². The monoisotopic (exact) mass is 471 g/mol. The van der Waals surface area contributed by atoms with Gasteiger partial charge in [-0.3, -0.25) is 4.79 Å². The molecule has 0 radical (unpaired) electrons. The van der Waals surface area contributed by atoms with Crippen LogP contribution in [0.1, 0.15) is 45.4 Å². The Labute approximate surface area is 186 Å². The van der Waals surface area contributed by atoms with Gasteiger partial charge in [0.15, 0.2) is 0 Å². The number of likely N-dealkylation sites (tertiary alicyclic amines) is 1. The van der Waals surface area contributed by atoms with Crippen molar-refractivity contribution in [3.05, 3.63) is 30.3 Å². The molecule has 0 aliphatic carbocycles. The lowest BCUT2D eigenvalue weighted by atomic mass is 9.95. The standard InChI is InChI=1S/C21H33N3O5S2/c1-2-3-17-30(26,27)24-15-9-18(10-16-24)21(25)23-13-11-19(12-14-23)22-31(28,29)20-7-5-4-6-8-20/h4-8,18-19,22H,2-3,9-17H2,1H3. The lowest BCUT2D eigenvalue weighted by Crippen LogP contribution is -2.50. The van der Waals surface area contributed by atoms with Crippen LogP contribution >= 0.6 is 0 Å². The van der Waals surface area contributed by atoms with Crippen molar-refractivity contribution in [2.45, 2.75) is 56.4 Å². The quantitative estimate of drug-likeness (QED) is 0.623.